The molecule has 1 N–H and O–H groups in total. The SMILES string of the molecule is CC1CC(NCCCN(C(=O)OC(C)(C)C)C2CC2)C1. The number of carbonyl (C=O) groups excluding carboxylic acids is 1. The van der Waals surface area contributed by atoms with Gasteiger partial charge in [-0.1, -0.05) is 6.92 Å². The molecule has 0 heterocycles. The van der Waals surface area contributed by atoms with Gasteiger partial charge in [0.2, 0.25) is 0 Å². The molecule has 2 saturated carbocycles. The molecular weight excluding hydrogens is 252 g/mol. The highest BCUT2D eigenvalue weighted by Gasteiger charge is 2.34. The minimum Gasteiger partial charge on any atom is -0.444 e. The summed E-state index contributed by atoms with van der Waals surface area (Å²) in [6.45, 7) is 9.90. The summed E-state index contributed by atoms with van der Waals surface area (Å²) >= 11 is 0. The predicted molar refractivity (Wildman–Crippen MR) is 80.8 cm³/mol. The van der Waals surface area contributed by atoms with Gasteiger partial charge in [0.05, 0.1) is 0 Å². The molecule has 0 aromatic carbocycles. The van der Waals surface area contributed by atoms with E-state index in [1.165, 1.54) is 12.8 Å². The Morgan fingerprint density at radius 3 is 2.45 bits per heavy atom. The smallest absolute Gasteiger partial charge is 0.410 e. The quantitative estimate of drug-likeness (QED) is 0.761. The molecule has 2 aliphatic rings. The van der Waals surface area contributed by atoms with E-state index in [2.05, 4.69) is 12.2 Å². The average molecular weight is 282 g/mol. The Labute approximate surface area is 123 Å². The molecular formula is C16H30N2O2. The molecule has 0 radical (unpaired) electrons. The number of nitrogens with zero attached hydrogens (tertiary/aromatic N) is 1. The normalized spacial score (nSPS) is 26.0. The van der Waals surface area contributed by atoms with Gasteiger partial charge in [0.1, 0.15) is 5.60 Å². The van der Waals surface area contributed by atoms with Gasteiger partial charge in [0, 0.05) is 18.6 Å². The fourth-order valence-electron chi connectivity index (χ4n) is 2.75. The van der Waals surface area contributed by atoms with Crippen molar-refractivity contribution in [2.24, 2.45) is 5.92 Å². The van der Waals surface area contributed by atoms with E-state index < -0.39 is 5.60 Å². The van der Waals surface area contributed by atoms with Crippen LogP contribution in [0.25, 0.3) is 0 Å². The molecule has 20 heavy (non-hydrogen) atoms. The first-order valence-corrected chi connectivity index (χ1v) is 8.08. The van der Waals surface area contributed by atoms with Crippen molar-refractivity contribution in [3.8, 4) is 0 Å². The second kappa shape index (κ2) is 6.33. The van der Waals surface area contributed by atoms with Crippen LogP contribution in [0, 0.1) is 5.92 Å². The van der Waals surface area contributed by atoms with Crippen molar-refractivity contribution in [3.63, 3.8) is 0 Å². The lowest BCUT2D eigenvalue weighted by molar-refractivity contribution is 0.0231. The molecule has 0 aliphatic heterocycles. The number of hydrogen-bond donors (Lipinski definition) is 1. The second-order valence-electron chi connectivity index (χ2n) is 7.49. The van der Waals surface area contributed by atoms with Crippen LogP contribution in [0.3, 0.4) is 0 Å². The van der Waals surface area contributed by atoms with Gasteiger partial charge in [0.25, 0.3) is 0 Å². The Kier molecular flexibility index (Phi) is 4.95. The standard InChI is InChI=1S/C16H30N2O2/c1-12-10-13(11-12)17-8-5-9-18(14-6-7-14)15(19)20-16(2,3)4/h12-14,17H,5-11H2,1-4H3. The zero-order valence-electron chi connectivity index (χ0n) is 13.4. The van der Waals surface area contributed by atoms with Crippen molar-refractivity contribution in [2.75, 3.05) is 13.1 Å². The van der Waals surface area contributed by atoms with E-state index in [1.54, 1.807) is 0 Å². The summed E-state index contributed by atoms with van der Waals surface area (Å²) in [5.41, 5.74) is -0.398. The largest absolute Gasteiger partial charge is 0.444 e. The summed E-state index contributed by atoms with van der Waals surface area (Å²) in [6.07, 6.45) is 5.74. The van der Waals surface area contributed by atoms with Crippen LogP contribution < -0.4 is 5.32 Å². The maximum absolute atomic E-state index is 12.2. The Hall–Kier alpha value is -0.770. The van der Waals surface area contributed by atoms with E-state index >= 15 is 0 Å². The van der Waals surface area contributed by atoms with E-state index in [1.807, 2.05) is 25.7 Å². The summed E-state index contributed by atoms with van der Waals surface area (Å²) in [5.74, 6) is 0.886. The molecule has 0 bridgehead atoms. The van der Waals surface area contributed by atoms with Gasteiger partial charge in [-0.3, -0.25) is 0 Å². The van der Waals surface area contributed by atoms with Crippen LogP contribution in [0.2, 0.25) is 0 Å². The van der Waals surface area contributed by atoms with E-state index in [4.69, 9.17) is 4.74 Å². The van der Waals surface area contributed by atoms with E-state index in [-0.39, 0.29) is 6.09 Å². The van der Waals surface area contributed by atoms with Crippen molar-refractivity contribution >= 4 is 6.09 Å². The molecule has 2 aliphatic carbocycles. The Bertz CT molecular complexity index is 328. The molecule has 0 atom stereocenters. The van der Waals surface area contributed by atoms with Crippen LogP contribution in [-0.2, 0) is 4.74 Å². The third-order valence-corrected chi connectivity index (χ3v) is 4.00. The predicted octanol–water partition coefficient (Wildman–Crippen LogP) is 3.16. The Morgan fingerprint density at radius 1 is 1.30 bits per heavy atom. The number of rotatable bonds is 6. The first kappa shape index (κ1) is 15.6. The van der Waals surface area contributed by atoms with Gasteiger partial charge in [0.15, 0.2) is 0 Å². The van der Waals surface area contributed by atoms with Crippen molar-refractivity contribution < 1.29 is 9.53 Å². The van der Waals surface area contributed by atoms with Crippen molar-refractivity contribution in [3.05, 3.63) is 0 Å². The lowest BCUT2D eigenvalue weighted by Crippen LogP contribution is -2.42. The molecule has 0 aromatic heterocycles. The molecule has 2 rings (SSSR count). The fraction of sp³-hybridized carbons (Fsp3) is 0.938. The molecule has 0 unspecified atom stereocenters. The van der Waals surface area contributed by atoms with Crippen LogP contribution in [0.15, 0.2) is 0 Å². The Morgan fingerprint density at radius 2 is 1.95 bits per heavy atom. The molecule has 1 amide bonds. The molecule has 4 heteroatoms. The lowest BCUT2D eigenvalue weighted by atomic mass is 9.82. The molecule has 0 saturated heterocycles. The van der Waals surface area contributed by atoms with Crippen molar-refractivity contribution in [1.29, 1.82) is 0 Å². The summed E-state index contributed by atoms with van der Waals surface area (Å²) in [6, 6.07) is 1.13. The average Bonchev–Trinajstić information content (AvgIpc) is 3.07. The number of ether oxygens (including phenoxy) is 1. The van der Waals surface area contributed by atoms with Crippen LogP contribution in [0.1, 0.15) is 59.8 Å². The van der Waals surface area contributed by atoms with Gasteiger partial charge in [-0.25, -0.2) is 4.79 Å². The van der Waals surface area contributed by atoms with Gasteiger partial charge in [-0.05, 0) is 65.3 Å². The van der Waals surface area contributed by atoms with Gasteiger partial charge in [-0.2, -0.15) is 0 Å². The zero-order chi connectivity index (χ0) is 14.8. The molecule has 0 spiro atoms. The third-order valence-electron chi connectivity index (χ3n) is 4.00. The van der Waals surface area contributed by atoms with Gasteiger partial charge >= 0.3 is 6.09 Å². The molecule has 0 aromatic rings. The summed E-state index contributed by atoms with van der Waals surface area (Å²) in [7, 11) is 0. The van der Waals surface area contributed by atoms with Gasteiger partial charge < -0.3 is 15.0 Å². The number of nitrogens with one attached hydrogen (secondary N) is 1. The minimum absolute atomic E-state index is 0.141. The molecule has 2 fully saturated rings. The zero-order valence-corrected chi connectivity index (χ0v) is 13.4. The highest BCUT2D eigenvalue weighted by atomic mass is 16.6. The highest BCUT2D eigenvalue weighted by Crippen LogP contribution is 2.29. The first-order chi connectivity index (χ1) is 9.35. The summed E-state index contributed by atoms with van der Waals surface area (Å²) in [4.78, 5) is 14.1. The molecule has 116 valence electrons. The van der Waals surface area contributed by atoms with E-state index in [9.17, 15) is 4.79 Å². The Balaban J connectivity index is 1.66. The van der Waals surface area contributed by atoms with Crippen LogP contribution in [0.4, 0.5) is 4.79 Å². The number of hydrogen-bond acceptors (Lipinski definition) is 3. The second-order valence-corrected chi connectivity index (χ2v) is 7.49. The maximum atomic E-state index is 12.2. The lowest BCUT2D eigenvalue weighted by Gasteiger charge is -2.34. The third kappa shape index (κ3) is 4.97. The van der Waals surface area contributed by atoms with E-state index in [0.29, 0.717) is 12.1 Å². The number of amides is 1. The van der Waals surface area contributed by atoms with Crippen molar-refractivity contribution in [1.82, 2.24) is 10.2 Å². The highest BCUT2D eigenvalue weighted by molar-refractivity contribution is 5.69. The fourth-order valence-corrected chi connectivity index (χ4v) is 2.75. The monoisotopic (exact) mass is 282 g/mol. The summed E-state index contributed by atoms with van der Waals surface area (Å²) in [5, 5.41) is 3.57. The number of carbonyl (C=O) groups is 1. The van der Waals surface area contributed by atoms with Crippen LogP contribution >= 0.6 is 0 Å². The molecule has 4 nitrogen and oxygen atoms in total. The van der Waals surface area contributed by atoms with Crippen LogP contribution in [-0.4, -0.2) is 41.8 Å². The van der Waals surface area contributed by atoms with Crippen LogP contribution in [0.5, 0.6) is 0 Å². The summed E-state index contributed by atoms with van der Waals surface area (Å²) < 4.78 is 5.49. The van der Waals surface area contributed by atoms with Crippen molar-refractivity contribution in [2.45, 2.75) is 77.5 Å². The van der Waals surface area contributed by atoms with E-state index in [0.717, 1.165) is 38.3 Å². The maximum Gasteiger partial charge on any atom is 0.410 e. The van der Waals surface area contributed by atoms with Gasteiger partial charge in [-0.15, -0.1) is 0 Å². The first-order valence-electron chi connectivity index (χ1n) is 8.08. The minimum atomic E-state index is -0.398. The topological polar surface area (TPSA) is 41.6 Å².